The molecule has 4 aromatic rings. The average Bonchev–Trinajstić information content (AvgIpc) is 3.10. The quantitative estimate of drug-likeness (QED) is 0.250. The van der Waals surface area contributed by atoms with Crippen molar-refractivity contribution in [2.24, 2.45) is 11.5 Å². The van der Waals surface area contributed by atoms with Crippen LogP contribution in [-0.4, -0.2) is 53.1 Å². The highest BCUT2D eigenvalue weighted by Crippen LogP contribution is 2.43. The predicted octanol–water partition coefficient (Wildman–Crippen LogP) is 4.81. The summed E-state index contributed by atoms with van der Waals surface area (Å²) in [6, 6.07) is 28.4. The molecule has 0 unspecified atom stereocenters. The van der Waals surface area contributed by atoms with Crippen LogP contribution in [0.25, 0.3) is 0 Å². The van der Waals surface area contributed by atoms with Crippen LogP contribution >= 0.6 is 0 Å². The summed E-state index contributed by atoms with van der Waals surface area (Å²) in [6.07, 6.45) is 1.49. The number of anilines is 4. The summed E-state index contributed by atoms with van der Waals surface area (Å²) < 4.78 is 0. The molecule has 0 saturated carbocycles. The van der Waals surface area contributed by atoms with E-state index in [0.717, 1.165) is 82.1 Å². The van der Waals surface area contributed by atoms with Gasteiger partial charge in [0, 0.05) is 64.7 Å². The van der Waals surface area contributed by atoms with Gasteiger partial charge in [-0.15, -0.1) is 0 Å². The number of amides is 2. The van der Waals surface area contributed by atoms with Crippen LogP contribution in [0.4, 0.5) is 22.7 Å². The van der Waals surface area contributed by atoms with Crippen LogP contribution in [0.2, 0.25) is 0 Å². The highest BCUT2D eigenvalue weighted by Gasteiger charge is 2.38. The normalized spacial score (nSPS) is 22.0. The van der Waals surface area contributed by atoms with E-state index in [9.17, 15) is 9.59 Å². The Hall–Kier alpha value is -5.06. The first-order chi connectivity index (χ1) is 23.1. The minimum absolute atomic E-state index is 0.00105. The van der Waals surface area contributed by atoms with Crippen molar-refractivity contribution in [1.29, 1.82) is 0 Å². The number of rotatable bonds is 4. The zero-order valence-electron chi connectivity index (χ0n) is 28.0. The zero-order chi connectivity index (χ0) is 33.7. The lowest BCUT2D eigenvalue weighted by atomic mass is 9.90. The van der Waals surface area contributed by atoms with Crippen molar-refractivity contribution in [2.75, 3.05) is 60.9 Å². The Bertz CT molecular complexity index is 1700. The third-order valence-electron chi connectivity index (χ3n) is 9.97. The maximum absolute atomic E-state index is 12.6. The van der Waals surface area contributed by atoms with Gasteiger partial charge in [0.25, 0.3) is 11.8 Å². The molecule has 0 aromatic heterocycles. The molecular weight excluding hydrogens is 600 g/mol. The molecule has 0 bridgehead atoms. The topological polar surface area (TPSA) is 123 Å². The van der Waals surface area contributed by atoms with E-state index in [1.165, 1.54) is 0 Å². The van der Waals surface area contributed by atoms with Crippen LogP contribution < -0.4 is 41.7 Å². The van der Waals surface area contributed by atoms with Crippen molar-refractivity contribution < 1.29 is 9.59 Å². The average molecular weight is 645 g/mol. The molecule has 4 aromatic carbocycles. The van der Waals surface area contributed by atoms with Gasteiger partial charge in [0.2, 0.25) is 0 Å². The van der Waals surface area contributed by atoms with E-state index < -0.39 is 0 Å². The molecule has 2 amide bonds. The summed E-state index contributed by atoms with van der Waals surface area (Å²) in [5.41, 5.74) is 22.6. The molecule has 0 saturated heterocycles. The fourth-order valence-electron chi connectivity index (χ4n) is 7.33. The number of carbonyl (C=O) groups is 2. The van der Waals surface area contributed by atoms with Gasteiger partial charge < -0.3 is 41.7 Å². The van der Waals surface area contributed by atoms with Crippen LogP contribution in [0.5, 0.6) is 0 Å². The fourth-order valence-corrected chi connectivity index (χ4v) is 7.33. The molecule has 4 heterocycles. The Morgan fingerprint density at radius 3 is 1.31 bits per heavy atom. The molecule has 10 nitrogen and oxygen atoms in total. The van der Waals surface area contributed by atoms with E-state index in [4.69, 9.17) is 11.5 Å². The number of nitrogens with one attached hydrogen (secondary N) is 2. The predicted molar refractivity (Wildman–Crippen MR) is 193 cm³/mol. The standard InChI is InChI=1S/2C19H22N4O/c2*1-22(2)13-8-6-12(7-9-13)18-21-19(24)15-5-3-4-14-16(20)10-11-23(18)17(14)15/h2*3-9,16,18H,10-11,20H2,1-2H3,(H,21,24)/t2*16-,18-/m10/s1. The van der Waals surface area contributed by atoms with Crippen LogP contribution in [0.1, 0.15) is 80.2 Å². The molecule has 0 spiro atoms. The Morgan fingerprint density at radius 1 is 0.583 bits per heavy atom. The third kappa shape index (κ3) is 5.50. The van der Waals surface area contributed by atoms with Gasteiger partial charge >= 0.3 is 0 Å². The molecule has 10 heteroatoms. The molecular formula is C38H44N8O2. The van der Waals surface area contributed by atoms with Crippen molar-refractivity contribution >= 4 is 34.6 Å². The highest BCUT2D eigenvalue weighted by molar-refractivity contribution is 6.04. The lowest BCUT2D eigenvalue weighted by Gasteiger charge is -2.44. The first kappa shape index (κ1) is 31.5. The van der Waals surface area contributed by atoms with Crippen molar-refractivity contribution in [2.45, 2.75) is 37.3 Å². The van der Waals surface area contributed by atoms with Crippen LogP contribution in [0.3, 0.4) is 0 Å². The second-order valence-corrected chi connectivity index (χ2v) is 13.4. The largest absolute Gasteiger partial charge is 0.378 e. The Morgan fingerprint density at radius 2 is 0.958 bits per heavy atom. The van der Waals surface area contributed by atoms with Gasteiger partial charge in [-0.25, -0.2) is 0 Å². The summed E-state index contributed by atoms with van der Waals surface area (Å²) in [6.45, 7) is 1.68. The van der Waals surface area contributed by atoms with Gasteiger partial charge in [0.15, 0.2) is 0 Å². The minimum atomic E-state index is -0.144. The van der Waals surface area contributed by atoms with E-state index in [-0.39, 0.29) is 36.2 Å². The Labute approximate surface area is 282 Å². The monoisotopic (exact) mass is 644 g/mol. The number of nitrogens with zero attached hydrogens (tertiary/aromatic N) is 4. The molecule has 8 rings (SSSR count). The van der Waals surface area contributed by atoms with Gasteiger partial charge in [-0.2, -0.15) is 0 Å². The molecule has 4 atom stereocenters. The smallest absolute Gasteiger partial charge is 0.255 e. The van der Waals surface area contributed by atoms with Crippen LogP contribution in [0, 0.1) is 0 Å². The molecule has 4 aliphatic heterocycles. The van der Waals surface area contributed by atoms with E-state index in [2.05, 4.69) is 78.8 Å². The van der Waals surface area contributed by atoms with Crippen molar-refractivity contribution in [3.05, 3.63) is 118 Å². The van der Waals surface area contributed by atoms with Gasteiger partial charge in [-0.1, -0.05) is 48.5 Å². The number of nitrogens with two attached hydrogens (primary N) is 2. The summed E-state index contributed by atoms with van der Waals surface area (Å²) in [5, 5.41) is 6.29. The molecule has 48 heavy (non-hydrogen) atoms. The van der Waals surface area contributed by atoms with E-state index in [0.29, 0.717) is 0 Å². The number of hydrogen-bond donors (Lipinski definition) is 4. The van der Waals surface area contributed by atoms with E-state index in [1.54, 1.807) is 0 Å². The number of carbonyl (C=O) groups excluding carboxylic acids is 2. The fraction of sp³-hybridized carbons (Fsp3) is 0.316. The zero-order valence-corrected chi connectivity index (χ0v) is 28.0. The second-order valence-electron chi connectivity index (χ2n) is 13.4. The molecule has 0 aliphatic carbocycles. The van der Waals surface area contributed by atoms with Gasteiger partial charge in [-0.05, 0) is 71.5 Å². The summed E-state index contributed by atoms with van der Waals surface area (Å²) in [4.78, 5) is 33.9. The lowest BCUT2D eigenvalue weighted by Crippen LogP contribution is -2.49. The van der Waals surface area contributed by atoms with Gasteiger partial charge in [0.05, 0.1) is 22.5 Å². The summed E-state index contributed by atoms with van der Waals surface area (Å²) in [5.74, 6) is -0.0576. The summed E-state index contributed by atoms with van der Waals surface area (Å²) in [7, 11) is 8.08. The SMILES string of the molecule is CN(C)c1ccc([C@@H]2NC(=O)c3cccc4c3N2CC[C@H]4N)cc1.CN(C)c1ccc([C@H]2NC(=O)c3cccc4c3N2CC[C@@H]4N)cc1. The van der Waals surface area contributed by atoms with Crippen molar-refractivity contribution in [1.82, 2.24) is 10.6 Å². The highest BCUT2D eigenvalue weighted by atomic mass is 16.2. The van der Waals surface area contributed by atoms with Crippen molar-refractivity contribution in [3.63, 3.8) is 0 Å². The lowest BCUT2D eigenvalue weighted by molar-refractivity contribution is 0.0916. The maximum Gasteiger partial charge on any atom is 0.255 e. The maximum atomic E-state index is 12.6. The first-order valence-electron chi connectivity index (χ1n) is 16.6. The van der Waals surface area contributed by atoms with Crippen molar-refractivity contribution in [3.8, 4) is 0 Å². The number of hydrogen-bond acceptors (Lipinski definition) is 8. The molecule has 4 aliphatic rings. The Balaban J connectivity index is 0.000000152. The van der Waals surface area contributed by atoms with Gasteiger partial charge in [0.1, 0.15) is 12.3 Å². The third-order valence-corrected chi connectivity index (χ3v) is 9.97. The first-order valence-corrected chi connectivity index (χ1v) is 16.6. The molecule has 248 valence electrons. The molecule has 0 fully saturated rings. The number of para-hydroxylation sites is 2. The summed E-state index contributed by atoms with van der Waals surface area (Å²) >= 11 is 0. The van der Waals surface area contributed by atoms with E-state index in [1.807, 2.05) is 64.6 Å². The molecule has 6 N–H and O–H groups in total. The minimum Gasteiger partial charge on any atom is -0.378 e. The van der Waals surface area contributed by atoms with E-state index >= 15 is 0 Å². The van der Waals surface area contributed by atoms with Crippen LogP contribution in [0.15, 0.2) is 84.9 Å². The molecule has 0 radical (unpaired) electrons. The second kappa shape index (κ2) is 12.5. The number of benzene rings is 4. The Kier molecular flexibility index (Phi) is 8.22. The van der Waals surface area contributed by atoms with Gasteiger partial charge in [-0.3, -0.25) is 9.59 Å². The van der Waals surface area contributed by atoms with Crippen LogP contribution in [-0.2, 0) is 0 Å².